The summed E-state index contributed by atoms with van der Waals surface area (Å²) in [6.45, 7) is 0.604. The SMILES string of the molecule is O=C(O)CCCC1CCC(COc2ccc(Oc3ccc(Cl)cc3)cc2)N1. The van der Waals surface area contributed by atoms with Crippen LogP contribution < -0.4 is 14.8 Å². The van der Waals surface area contributed by atoms with Crippen molar-refractivity contribution < 1.29 is 19.4 Å². The zero-order valence-electron chi connectivity index (χ0n) is 15.1. The van der Waals surface area contributed by atoms with Gasteiger partial charge in [-0.3, -0.25) is 4.79 Å². The van der Waals surface area contributed by atoms with Crippen LogP contribution in [0.4, 0.5) is 0 Å². The molecule has 1 heterocycles. The number of rotatable bonds is 9. The van der Waals surface area contributed by atoms with Crippen molar-refractivity contribution in [1.82, 2.24) is 5.32 Å². The Kier molecular flexibility index (Phi) is 6.96. The molecule has 0 amide bonds. The van der Waals surface area contributed by atoms with E-state index >= 15 is 0 Å². The van der Waals surface area contributed by atoms with Gasteiger partial charge in [0.15, 0.2) is 0 Å². The summed E-state index contributed by atoms with van der Waals surface area (Å²) in [4.78, 5) is 10.6. The van der Waals surface area contributed by atoms with Crippen LogP contribution in [0, 0.1) is 0 Å². The minimum Gasteiger partial charge on any atom is -0.492 e. The number of hydrogen-bond acceptors (Lipinski definition) is 4. The molecule has 1 aliphatic rings. The molecule has 2 atom stereocenters. The van der Waals surface area contributed by atoms with Gasteiger partial charge in [0.05, 0.1) is 0 Å². The van der Waals surface area contributed by atoms with E-state index in [1.54, 1.807) is 12.1 Å². The first-order valence-electron chi connectivity index (χ1n) is 9.22. The second-order valence-electron chi connectivity index (χ2n) is 6.76. The molecule has 0 aliphatic carbocycles. The number of aliphatic carboxylic acids is 1. The molecule has 6 heteroatoms. The molecule has 1 aliphatic heterocycles. The highest BCUT2D eigenvalue weighted by Gasteiger charge is 2.23. The van der Waals surface area contributed by atoms with Crippen LogP contribution in [0.25, 0.3) is 0 Å². The smallest absolute Gasteiger partial charge is 0.303 e. The van der Waals surface area contributed by atoms with Crippen molar-refractivity contribution in [3.8, 4) is 17.2 Å². The van der Waals surface area contributed by atoms with Crippen LogP contribution in [0.3, 0.4) is 0 Å². The third-order valence-corrected chi connectivity index (χ3v) is 4.85. The predicted molar refractivity (Wildman–Crippen MR) is 105 cm³/mol. The topological polar surface area (TPSA) is 67.8 Å². The summed E-state index contributed by atoms with van der Waals surface area (Å²) in [6.07, 6.45) is 3.98. The van der Waals surface area contributed by atoms with Gasteiger partial charge in [0.1, 0.15) is 23.9 Å². The fourth-order valence-corrected chi connectivity index (χ4v) is 3.33. The maximum absolute atomic E-state index is 10.6. The molecule has 1 fully saturated rings. The maximum atomic E-state index is 10.6. The summed E-state index contributed by atoms with van der Waals surface area (Å²) < 4.78 is 11.6. The molecule has 3 rings (SSSR count). The van der Waals surface area contributed by atoms with E-state index in [-0.39, 0.29) is 6.42 Å². The Hall–Kier alpha value is -2.24. The van der Waals surface area contributed by atoms with E-state index in [0.29, 0.717) is 23.7 Å². The van der Waals surface area contributed by atoms with Crippen molar-refractivity contribution >= 4 is 17.6 Å². The highest BCUT2D eigenvalue weighted by atomic mass is 35.5. The van der Waals surface area contributed by atoms with E-state index in [2.05, 4.69) is 5.32 Å². The maximum Gasteiger partial charge on any atom is 0.303 e. The average Bonchev–Trinajstić information content (AvgIpc) is 3.10. The normalized spacial score (nSPS) is 19.0. The van der Waals surface area contributed by atoms with Gasteiger partial charge in [0, 0.05) is 23.5 Å². The Morgan fingerprint density at radius 2 is 1.59 bits per heavy atom. The molecule has 0 radical (unpaired) electrons. The Labute approximate surface area is 164 Å². The molecule has 144 valence electrons. The molecule has 27 heavy (non-hydrogen) atoms. The van der Waals surface area contributed by atoms with Gasteiger partial charge in [-0.15, -0.1) is 0 Å². The molecule has 2 N–H and O–H groups in total. The van der Waals surface area contributed by atoms with Crippen LogP contribution in [0.2, 0.25) is 5.02 Å². The lowest BCUT2D eigenvalue weighted by Crippen LogP contribution is -2.33. The Balaban J connectivity index is 1.40. The van der Waals surface area contributed by atoms with Gasteiger partial charge in [-0.1, -0.05) is 11.6 Å². The number of hydrogen-bond donors (Lipinski definition) is 2. The van der Waals surface area contributed by atoms with Gasteiger partial charge >= 0.3 is 5.97 Å². The molecular formula is C21H24ClNO4. The predicted octanol–water partition coefficient (Wildman–Crippen LogP) is 4.89. The molecule has 2 aromatic carbocycles. The quantitative estimate of drug-likeness (QED) is 0.639. The third-order valence-electron chi connectivity index (χ3n) is 4.60. The van der Waals surface area contributed by atoms with Crippen LogP contribution in [0.15, 0.2) is 48.5 Å². The van der Waals surface area contributed by atoms with Crippen LogP contribution >= 0.6 is 11.6 Å². The van der Waals surface area contributed by atoms with Crippen molar-refractivity contribution in [2.45, 2.75) is 44.2 Å². The molecule has 0 saturated carbocycles. The minimum atomic E-state index is -0.726. The number of carbonyl (C=O) groups is 1. The van der Waals surface area contributed by atoms with Crippen molar-refractivity contribution in [2.75, 3.05) is 6.61 Å². The largest absolute Gasteiger partial charge is 0.492 e. The first kappa shape index (κ1) is 19.5. The fourth-order valence-electron chi connectivity index (χ4n) is 3.20. The standard InChI is InChI=1S/C21H24ClNO4/c22-15-4-8-19(9-5-15)27-20-12-10-18(11-13-20)26-14-17-7-6-16(23-17)2-1-3-21(24)25/h4-5,8-13,16-17,23H,1-3,6-7,14H2,(H,24,25). The van der Waals surface area contributed by atoms with Crippen LogP contribution in [0.1, 0.15) is 32.1 Å². The molecule has 0 bridgehead atoms. The lowest BCUT2D eigenvalue weighted by molar-refractivity contribution is -0.137. The number of carboxylic acids is 1. The molecule has 2 unspecified atom stereocenters. The van der Waals surface area contributed by atoms with Gasteiger partial charge < -0.3 is 19.9 Å². The molecule has 5 nitrogen and oxygen atoms in total. The number of nitrogens with one attached hydrogen (secondary N) is 1. The van der Waals surface area contributed by atoms with Gasteiger partial charge in [-0.05, 0) is 74.2 Å². The summed E-state index contributed by atoms with van der Waals surface area (Å²) in [6, 6.07) is 15.5. The summed E-state index contributed by atoms with van der Waals surface area (Å²) in [5, 5.41) is 12.9. The summed E-state index contributed by atoms with van der Waals surface area (Å²) >= 11 is 5.87. The zero-order chi connectivity index (χ0) is 19.1. The lowest BCUT2D eigenvalue weighted by atomic mass is 10.1. The number of benzene rings is 2. The van der Waals surface area contributed by atoms with Gasteiger partial charge in [0.25, 0.3) is 0 Å². The molecule has 0 aromatic heterocycles. The van der Waals surface area contributed by atoms with Crippen molar-refractivity contribution in [3.05, 3.63) is 53.6 Å². The molecule has 2 aromatic rings. The minimum absolute atomic E-state index is 0.240. The first-order valence-corrected chi connectivity index (χ1v) is 9.60. The number of carboxylic acid groups (broad SMARTS) is 1. The third kappa shape index (κ3) is 6.45. The van der Waals surface area contributed by atoms with Crippen molar-refractivity contribution in [1.29, 1.82) is 0 Å². The lowest BCUT2D eigenvalue weighted by Gasteiger charge is -2.15. The highest BCUT2D eigenvalue weighted by Crippen LogP contribution is 2.25. The molecule has 0 spiro atoms. The second-order valence-corrected chi connectivity index (χ2v) is 7.20. The summed E-state index contributed by atoms with van der Waals surface area (Å²) in [5.41, 5.74) is 0. The summed E-state index contributed by atoms with van der Waals surface area (Å²) in [5.74, 6) is 1.55. The van der Waals surface area contributed by atoms with Crippen LogP contribution in [0.5, 0.6) is 17.2 Å². The second kappa shape index (κ2) is 9.62. The van der Waals surface area contributed by atoms with Crippen LogP contribution in [-0.4, -0.2) is 29.8 Å². The number of halogens is 1. The van der Waals surface area contributed by atoms with E-state index in [9.17, 15) is 4.79 Å². The van der Waals surface area contributed by atoms with Gasteiger partial charge in [-0.2, -0.15) is 0 Å². The Morgan fingerprint density at radius 1 is 1.00 bits per heavy atom. The average molecular weight is 390 g/mol. The Morgan fingerprint density at radius 3 is 2.26 bits per heavy atom. The number of ether oxygens (including phenoxy) is 2. The highest BCUT2D eigenvalue weighted by molar-refractivity contribution is 6.30. The van der Waals surface area contributed by atoms with E-state index in [1.807, 2.05) is 36.4 Å². The first-order chi connectivity index (χ1) is 13.1. The van der Waals surface area contributed by atoms with E-state index in [4.69, 9.17) is 26.2 Å². The van der Waals surface area contributed by atoms with Crippen LogP contribution in [-0.2, 0) is 4.79 Å². The van der Waals surface area contributed by atoms with Gasteiger partial charge in [0.2, 0.25) is 0 Å². The Bertz CT molecular complexity index is 733. The zero-order valence-corrected chi connectivity index (χ0v) is 15.8. The van der Waals surface area contributed by atoms with E-state index in [0.717, 1.165) is 42.9 Å². The van der Waals surface area contributed by atoms with Crippen molar-refractivity contribution in [2.24, 2.45) is 0 Å². The van der Waals surface area contributed by atoms with Crippen molar-refractivity contribution in [3.63, 3.8) is 0 Å². The summed E-state index contributed by atoms with van der Waals surface area (Å²) in [7, 11) is 0. The molecular weight excluding hydrogens is 366 g/mol. The van der Waals surface area contributed by atoms with Gasteiger partial charge in [-0.25, -0.2) is 0 Å². The fraction of sp³-hybridized carbons (Fsp3) is 0.381. The molecule has 1 saturated heterocycles. The monoisotopic (exact) mass is 389 g/mol. The van der Waals surface area contributed by atoms with E-state index in [1.165, 1.54) is 0 Å². The van der Waals surface area contributed by atoms with E-state index < -0.39 is 5.97 Å².